The van der Waals surface area contributed by atoms with Gasteiger partial charge in [-0.25, -0.2) is 0 Å². The van der Waals surface area contributed by atoms with Gasteiger partial charge in [0.05, 0.1) is 5.56 Å². The van der Waals surface area contributed by atoms with Crippen LogP contribution in [-0.2, 0) is 0 Å². The van der Waals surface area contributed by atoms with Crippen molar-refractivity contribution in [2.24, 2.45) is 0 Å². The first-order valence-corrected chi connectivity index (χ1v) is 6.18. The van der Waals surface area contributed by atoms with E-state index in [4.69, 9.17) is 9.47 Å². The Hall–Kier alpha value is -2.29. The highest BCUT2D eigenvalue weighted by atomic mass is 16.5. The lowest BCUT2D eigenvalue weighted by molar-refractivity contribution is 0.101. The molecule has 0 aliphatic heterocycles. The molecule has 0 N–H and O–H groups in total. The second kappa shape index (κ2) is 6.59. The minimum absolute atomic E-state index is 0.000391. The Bertz CT molecular complexity index is 535. The number of carbonyl (C=O) groups excluding carboxylic acids is 1. The summed E-state index contributed by atoms with van der Waals surface area (Å²) in [6.45, 7) is 2.37. The molecule has 2 aromatic carbocycles. The van der Waals surface area contributed by atoms with Crippen LogP contribution in [0.5, 0.6) is 11.5 Å². The summed E-state index contributed by atoms with van der Waals surface area (Å²) in [5.41, 5.74) is 0.599. The van der Waals surface area contributed by atoms with Gasteiger partial charge in [0.2, 0.25) is 0 Å². The molecule has 98 valence electrons. The number of Topliss-reactive ketones (excluding diaryl/α,β-unsaturated/α-hetero) is 1. The first kappa shape index (κ1) is 13.1. The van der Waals surface area contributed by atoms with E-state index in [0.29, 0.717) is 24.5 Å². The Labute approximate surface area is 112 Å². The maximum absolute atomic E-state index is 11.4. The van der Waals surface area contributed by atoms with E-state index in [1.807, 2.05) is 42.5 Å². The van der Waals surface area contributed by atoms with Crippen LogP contribution in [0, 0.1) is 0 Å². The van der Waals surface area contributed by atoms with Crippen LogP contribution in [0.25, 0.3) is 0 Å². The third-order valence-corrected chi connectivity index (χ3v) is 2.62. The summed E-state index contributed by atoms with van der Waals surface area (Å²) in [7, 11) is 0. The van der Waals surface area contributed by atoms with Crippen molar-refractivity contribution in [3.63, 3.8) is 0 Å². The van der Waals surface area contributed by atoms with Gasteiger partial charge in [-0.15, -0.1) is 0 Å². The van der Waals surface area contributed by atoms with Gasteiger partial charge in [-0.05, 0) is 31.2 Å². The van der Waals surface area contributed by atoms with Gasteiger partial charge in [0, 0.05) is 0 Å². The largest absolute Gasteiger partial charge is 0.490 e. The molecule has 2 rings (SSSR count). The molecule has 0 saturated heterocycles. The molecule has 3 nitrogen and oxygen atoms in total. The molecule has 0 radical (unpaired) electrons. The average molecular weight is 256 g/mol. The van der Waals surface area contributed by atoms with Crippen LogP contribution in [-0.4, -0.2) is 19.0 Å². The fraction of sp³-hybridized carbons (Fsp3) is 0.188. The fourth-order valence-electron chi connectivity index (χ4n) is 1.71. The van der Waals surface area contributed by atoms with Crippen LogP contribution >= 0.6 is 0 Å². The summed E-state index contributed by atoms with van der Waals surface area (Å²) in [6.07, 6.45) is 0. The van der Waals surface area contributed by atoms with Gasteiger partial charge in [-0.2, -0.15) is 0 Å². The van der Waals surface area contributed by atoms with Crippen molar-refractivity contribution in [1.82, 2.24) is 0 Å². The van der Waals surface area contributed by atoms with Crippen molar-refractivity contribution in [2.75, 3.05) is 13.2 Å². The van der Waals surface area contributed by atoms with Crippen molar-refractivity contribution in [1.29, 1.82) is 0 Å². The van der Waals surface area contributed by atoms with Crippen molar-refractivity contribution < 1.29 is 14.3 Å². The van der Waals surface area contributed by atoms with Gasteiger partial charge < -0.3 is 9.47 Å². The highest BCUT2D eigenvalue weighted by Crippen LogP contribution is 2.18. The third-order valence-electron chi connectivity index (χ3n) is 2.62. The van der Waals surface area contributed by atoms with E-state index in [1.54, 1.807) is 12.1 Å². The second-order valence-corrected chi connectivity index (χ2v) is 4.06. The molecule has 2 aromatic rings. The Balaban J connectivity index is 1.85. The van der Waals surface area contributed by atoms with Gasteiger partial charge in [-0.1, -0.05) is 30.3 Å². The predicted molar refractivity (Wildman–Crippen MR) is 73.9 cm³/mol. The molecule has 3 heteroatoms. The smallest absolute Gasteiger partial charge is 0.163 e. The van der Waals surface area contributed by atoms with E-state index in [2.05, 4.69) is 0 Å². The molecule has 0 amide bonds. The zero-order chi connectivity index (χ0) is 13.5. The van der Waals surface area contributed by atoms with E-state index in [-0.39, 0.29) is 5.78 Å². The molecule has 0 spiro atoms. The average Bonchev–Trinajstić information content (AvgIpc) is 2.45. The number of hydrogen-bond donors (Lipinski definition) is 0. The van der Waals surface area contributed by atoms with E-state index in [9.17, 15) is 4.79 Å². The van der Waals surface area contributed by atoms with Crippen molar-refractivity contribution in [3.05, 3.63) is 60.2 Å². The third kappa shape index (κ3) is 3.85. The molecule has 19 heavy (non-hydrogen) atoms. The summed E-state index contributed by atoms with van der Waals surface area (Å²) < 4.78 is 11.1. The summed E-state index contributed by atoms with van der Waals surface area (Å²) in [5, 5.41) is 0. The topological polar surface area (TPSA) is 35.5 Å². The van der Waals surface area contributed by atoms with E-state index < -0.39 is 0 Å². The first-order valence-electron chi connectivity index (χ1n) is 6.18. The standard InChI is InChI=1S/C16H16O3/c1-13(17)15-9-5-6-10-16(15)19-12-11-18-14-7-3-2-4-8-14/h2-10H,11-12H2,1H3. The molecular formula is C16H16O3. The number of benzene rings is 2. The van der Waals surface area contributed by atoms with Gasteiger partial charge in [0.1, 0.15) is 24.7 Å². The van der Waals surface area contributed by atoms with Gasteiger partial charge in [-0.3, -0.25) is 4.79 Å². The Kier molecular flexibility index (Phi) is 4.56. The van der Waals surface area contributed by atoms with Crippen LogP contribution in [0.1, 0.15) is 17.3 Å². The van der Waals surface area contributed by atoms with Crippen molar-refractivity contribution in [2.45, 2.75) is 6.92 Å². The lowest BCUT2D eigenvalue weighted by Gasteiger charge is -2.10. The minimum atomic E-state index is -0.000391. The highest BCUT2D eigenvalue weighted by molar-refractivity contribution is 5.96. The molecule has 0 fully saturated rings. The molecule has 0 atom stereocenters. The summed E-state index contributed by atoms with van der Waals surface area (Å²) in [4.78, 5) is 11.4. The van der Waals surface area contributed by atoms with E-state index in [1.165, 1.54) is 6.92 Å². The van der Waals surface area contributed by atoms with E-state index in [0.717, 1.165) is 5.75 Å². The monoisotopic (exact) mass is 256 g/mol. The van der Waals surface area contributed by atoms with Crippen LogP contribution < -0.4 is 9.47 Å². The number of ether oxygens (including phenoxy) is 2. The first-order chi connectivity index (χ1) is 9.27. The zero-order valence-corrected chi connectivity index (χ0v) is 10.8. The fourth-order valence-corrected chi connectivity index (χ4v) is 1.71. The number of hydrogen-bond acceptors (Lipinski definition) is 3. The number of ketones is 1. The maximum atomic E-state index is 11.4. The van der Waals surface area contributed by atoms with Crippen molar-refractivity contribution >= 4 is 5.78 Å². The number of para-hydroxylation sites is 2. The quantitative estimate of drug-likeness (QED) is 0.587. The Morgan fingerprint density at radius 2 is 1.53 bits per heavy atom. The van der Waals surface area contributed by atoms with Crippen molar-refractivity contribution in [3.8, 4) is 11.5 Å². The number of rotatable bonds is 6. The Morgan fingerprint density at radius 3 is 2.26 bits per heavy atom. The van der Waals surface area contributed by atoms with Crippen LogP contribution in [0.2, 0.25) is 0 Å². The highest BCUT2D eigenvalue weighted by Gasteiger charge is 2.06. The lowest BCUT2D eigenvalue weighted by Crippen LogP contribution is -2.10. The molecule has 0 heterocycles. The lowest BCUT2D eigenvalue weighted by atomic mass is 10.1. The predicted octanol–water partition coefficient (Wildman–Crippen LogP) is 3.35. The molecular weight excluding hydrogens is 240 g/mol. The van der Waals surface area contributed by atoms with Crippen LogP contribution in [0.15, 0.2) is 54.6 Å². The molecule has 0 aliphatic carbocycles. The van der Waals surface area contributed by atoms with Gasteiger partial charge in [0.15, 0.2) is 5.78 Å². The second-order valence-electron chi connectivity index (χ2n) is 4.06. The number of carbonyl (C=O) groups is 1. The summed E-state index contributed by atoms with van der Waals surface area (Å²) in [5.74, 6) is 1.41. The SMILES string of the molecule is CC(=O)c1ccccc1OCCOc1ccccc1. The summed E-state index contributed by atoms with van der Waals surface area (Å²) in [6, 6.07) is 16.8. The van der Waals surface area contributed by atoms with Gasteiger partial charge in [0.25, 0.3) is 0 Å². The molecule has 0 bridgehead atoms. The van der Waals surface area contributed by atoms with E-state index >= 15 is 0 Å². The summed E-state index contributed by atoms with van der Waals surface area (Å²) >= 11 is 0. The molecule has 0 unspecified atom stereocenters. The van der Waals surface area contributed by atoms with Gasteiger partial charge >= 0.3 is 0 Å². The normalized spacial score (nSPS) is 9.95. The maximum Gasteiger partial charge on any atom is 0.163 e. The van der Waals surface area contributed by atoms with Crippen LogP contribution in [0.4, 0.5) is 0 Å². The van der Waals surface area contributed by atoms with Crippen LogP contribution in [0.3, 0.4) is 0 Å². The molecule has 0 saturated carbocycles. The minimum Gasteiger partial charge on any atom is -0.490 e. The molecule has 0 aliphatic rings. The molecule has 0 aromatic heterocycles. The Morgan fingerprint density at radius 1 is 0.895 bits per heavy atom. The zero-order valence-electron chi connectivity index (χ0n) is 10.8.